The van der Waals surface area contributed by atoms with Crippen molar-refractivity contribution in [1.82, 2.24) is 9.97 Å². The summed E-state index contributed by atoms with van der Waals surface area (Å²) >= 11 is 0. The maximum atomic E-state index is 6.17. The lowest BCUT2D eigenvalue weighted by molar-refractivity contribution is 0.306. The van der Waals surface area contributed by atoms with Gasteiger partial charge in [-0.1, -0.05) is 20.8 Å². The van der Waals surface area contributed by atoms with Crippen molar-refractivity contribution in [3.05, 3.63) is 6.33 Å². The fraction of sp³-hybridized carbons (Fsp3) is 0.714. The first-order valence-corrected chi connectivity index (χ1v) is 7.15. The highest BCUT2D eigenvalue weighted by atomic mass is 16.5. The number of hydrogen-bond donors (Lipinski definition) is 1. The molecule has 106 valence electrons. The number of nitrogens with two attached hydrogens (primary N) is 1. The van der Waals surface area contributed by atoms with Gasteiger partial charge in [-0.15, -0.1) is 0 Å². The summed E-state index contributed by atoms with van der Waals surface area (Å²) in [4.78, 5) is 10.8. The van der Waals surface area contributed by atoms with Crippen molar-refractivity contribution < 1.29 is 4.74 Å². The van der Waals surface area contributed by atoms with Gasteiger partial charge in [-0.2, -0.15) is 4.98 Å². The summed E-state index contributed by atoms with van der Waals surface area (Å²) in [6.07, 6.45) is 4.88. The third-order valence-electron chi connectivity index (χ3n) is 3.61. The maximum Gasteiger partial charge on any atom is 0.242 e. The third-order valence-corrected chi connectivity index (χ3v) is 3.61. The Morgan fingerprint density at radius 2 is 2.26 bits per heavy atom. The van der Waals surface area contributed by atoms with Crippen molar-refractivity contribution in [2.75, 3.05) is 23.8 Å². The fourth-order valence-corrected chi connectivity index (χ4v) is 2.66. The first-order valence-electron chi connectivity index (χ1n) is 7.15. The van der Waals surface area contributed by atoms with E-state index in [4.69, 9.17) is 10.5 Å². The molecule has 1 aromatic heterocycles. The van der Waals surface area contributed by atoms with Crippen LogP contribution in [0.2, 0.25) is 0 Å². The Morgan fingerprint density at radius 3 is 2.95 bits per heavy atom. The van der Waals surface area contributed by atoms with Crippen LogP contribution in [0.15, 0.2) is 6.33 Å². The highest BCUT2D eigenvalue weighted by Gasteiger charge is 2.30. The number of aromatic nitrogens is 2. The molecule has 2 N–H and O–H groups in total. The molecule has 2 heterocycles. The monoisotopic (exact) mass is 264 g/mol. The van der Waals surface area contributed by atoms with Crippen LogP contribution in [0.5, 0.6) is 5.88 Å². The lowest BCUT2D eigenvalue weighted by Crippen LogP contribution is -2.34. The predicted molar refractivity (Wildman–Crippen MR) is 77.4 cm³/mol. The minimum Gasteiger partial charge on any atom is -0.476 e. The molecule has 1 aromatic rings. The Bertz CT molecular complexity index is 422. The van der Waals surface area contributed by atoms with Crippen molar-refractivity contribution in [2.24, 2.45) is 5.92 Å². The maximum absolute atomic E-state index is 6.17. The van der Waals surface area contributed by atoms with Gasteiger partial charge in [-0.3, -0.25) is 0 Å². The summed E-state index contributed by atoms with van der Waals surface area (Å²) in [7, 11) is 0. The molecule has 5 nitrogen and oxygen atoms in total. The second-order valence-electron chi connectivity index (χ2n) is 5.41. The summed E-state index contributed by atoms with van der Waals surface area (Å²) < 4.78 is 5.58. The van der Waals surface area contributed by atoms with Crippen LogP contribution in [0, 0.1) is 5.92 Å². The zero-order valence-corrected chi connectivity index (χ0v) is 12.1. The van der Waals surface area contributed by atoms with E-state index in [0.717, 1.165) is 18.8 Å². The predicted octanol–water partition coefficient (Wildman–Crippen LogP) is 2.47. The molecular weight excluding hydrogens is 240 g/mol. The largest absolute Gasteiger partial charge is 0.476 e. The van der Waals surface area contributed by atoms with Crippen LogP contribution in [0.25, 0.3) is 0 Å². The van der Waals surface area contributed by atoms with Gasteiger partial charge in [0.25, 0.3) is 0 Å². The van der Waals surface area contributed by atoms with E-state index >= 15 is 0 Å². The first kappa shape index (κ1) is 13.9. The molecule has 19 heavy (non-hydrogen) atoms. The van der Waals surface area contributed by atoms with Gasteiger partial charge in [0.2, 0.25) is 5.88 Å². The number of anilines is 2. The molecule has 1 unspecified atom stereocenters. The molecule has 2 rings (SSSR count). The zero-order valence-electron chi connectivity index (χ0n) is 12.1. The molecule has 0 amide bonds. The van der Waals surface area contributed by atoms with Crippen LogP contribution in [-0.4, -0.2) is 29.2 Å². The van der Waals surface area contributed by atoms with Crippen molar-refractivity contribution in [1.29, 1.82) is 0 Å². The molecule has 5 heteroatoms. The zero-order chi connectivity index (χ0) is 13.8. The van der Waals surface area contributed by atoms with Crippen LogP contribution in [-0.2, 0) is 0 Å². The van der Waals surface area contributed by atoms with E-state index in [1.54, 1.807) is 6.33 Å². The summed E-state index contributed by atoms with van der Waals surface area (Å²) in [5.41, 5.74) is 6.75. The Kier molecular flexibility index (Phi) is 4.45. The summed E-state index contributed by atoms with van der Waals surface area (Å²) in [5, 5.41) is 0. The van der Waals surface area contributed by atoms with E-state index in [0.29, 0.717) is 30.1 Å². The summed E-state index contributed by atoms with van der Waals surface area (Å²) in [5.74, 6) is 1.94. The second-order valence-corrected chi connectivity index (χ2v) is 5.41. The lowest BCUT2D eigenvalue weighted by Gasteiger charge is -2.29. The van der Waals surface area contributed by atoms with E-state index in [1.807, 2.05) is 0 Å². The first-order chi connectivity index (χ1) is 9.15. The third kappa shape index (κ3) is 2.91. The smallest absolute Gasteiger partial charge is 0.242 e. The number of nitrogens with zero attached hydrogens (tertiary/aromatic N) is 3. The normalized spacial score (nSPS) is 19.2. The topological polar surface area (TPSA) is 64.3 Å². The highest BCUT2D eigenvalue weighted by Crippen LogP contribution is 2.34. The van der Waals surface area contributed by atoms with Crippen LogP contribution in [0.1, 0.15) is 40.0 Å². The van der Waals surface area contributed by atoms with Gasteiger partial charge in [0.05, 0.1) is 6.61 Å². The molecule has 1 saturated heterocycles. The molecule has 0 aliphatic carbocycles. The molecule has 0 spiro atoms. The van der Waals surface area contributed by atoms with E-state index in [-0.39, 0.29) is 0 Å². The quantitative estimate of drug-likeness (QED) is 0.885. The van der Waals surface area contributed by atoms with Crippen molar-refractivity contribution in [3.8, 4) is 5.88 Å². The van der Waals surface area contributed by atoms with Gasteiger partial charge in [0.15, 0.2) is 5.82 Å². The standard InChI is InChI=1S/C14H24N4O/c1-4-8-19-14-12(15)13(16-9-17-14)18-7-5-6-11(18)10(2)3/h9-11H,4-8,15H2,1-3H3. The van der Waals surface area contributed by atoms with Crippen molar-refractivity contribution in [3.63, 3.8) is 0 Å². The van der Waals surface area contributed by atoms with Gasteiger partial charge in [0, 0.05) is 12.6 Å². The Labute approximate surface area is 115 Å². The SMILES string of the molecule is CCCOc1ncnc(N2CCCC2C(C)C)c1N. The molecule has 1 fully saturated rings. The van der Waals surface area contributed by atoms with E-state index in [9.17, 15) is 0 Å². The lowest BCUT2D eigenvalue weighted by atomic mass is 10.0. The number of nitrogen functional groups attached to an aromatic ring is 1. The molecule has 0 radical (unpaired) electrons. The van der Waals surface area contributed by atoms with E-state index in [1.165, 1.54) is 12.8 Å². The van der Waals surface area contributed by atoms with E-state index < -0.39 is 0 Å². The summed E-state index contributed by atoms with van der Waals surface area (Å²) in [6, 6.07) is 0.510. The van der Waals surface area contributed by atoms with Gasteiger partial charge in [-0.25, -0.2) is 4.98 Å². The van der Waals surface area contributed by atoms with Crippen LogP contribution < -0.4 is 15.4 Å². The fourth-order valence-electron chi connectivity index (χ4n) is 2.66. The summed E-state index contributed by atoms with van der Waals surface area (Å²) in [6.45, 7) is 8.20. The minimum atomic E-state index is 0.510. The Balaban J connectivity index is 2.24. The van der Waals surface area contributed by atoms with Gasteiger partial charge in [-0.05, 0) is 25.2 Å². The molecule has 1 atom stereocenters. The molecule has 1 aliphatic rings. The van der Waals surface area contributed by atoms with Gasteiger partial charge >= 0.3 is 0 Å². The average molecular weight is 264 g/mol. The van der Waals surface area contributed by atoms with Gasteiger partial charge < -0.3 is 15.4 Å². The highest BCUT2D eigenvalue weighted by molar-refractivity contribution is 5.68. The van der Waals surface area contributed by atoms with Crippen LogP contribution in [0.3, 0.4) is 0 Å². The Hall–Kier alpha value is -1.52. The van der Waals surface area contributed by atoms with Crippen molar-refractivity contribution in [2.45, 2.75) is 46.1 Å². The second kappa shape index (κ2) is 6.08. The average Bonchev–Trinajstić information content (AvgIpc) is 2.87. The number of hydrogen-bond acceptors (Lipinski definition) is 5. The molecule has 0 aromatic carbocycles. The molecule has 0 saturated carbocycles. The van der Waals surface area contributed by atoms with Gasteiger partial charge in [0.1, 0.15) is 12.0 Å². The molecule has 1 aliphatic heterocycles. The van der Waals surface area contributed by atoms with Crippen LogP contribution in [0.4, 0.5) is 11.5 Å². The number of ether oxygens (including phenoxy) is 1. The minimum absolute atomic E-state index is 0.510. The Morgan fingerprint density at radius 1 is 1.47 bits per heavy atom. The molecule has 0 bridgehead atoms. The number of rotatable bonds is 5. The van der Waals surface area contributed by atoms with E-state index in [2.05, 4.69) is 35.6 Å². The van der Waals surface area contributed by atoms with Crippen molar-refractivity contribution >= 4 is 11.5 Å². The van der Waals surface area contributed by atoms with Crippen LogP contribution >= 0.6 is 0 Å². The molecular formula is C14H24N4O.